The van der Waals surface area contributed by atoms with Gasteiger partial charge < -0.3 is 5.11 Å². The zero-order valence-electron chi connectivity index (χ0n) is 11.4. The maximum atomic E-state index is 11.4. The van der Waals surface area contributed by atoms with Crippen molar-refractivity contribution in [3.63, 3.8) is 0 Å². The van der Waals surface area contributed by atoms with E-state index >= 15 is 0 Å². The fourth-order valence-corrected chi connectivity index (χ4v) is 2.76. The summed E-state index contributed by atoms with van der Waals surface area (Å²) in [6.45, 7) is 1.93. The van der Waals surface area contributed by atoms with Crippen molar-refractivity contribution in [2.45, 2.75) is 13.5 Å². The molecule has 22 heavy (non-hydrogen) atoms. The van der Waals surface area contributed by atoms with Crippen molar-refractivity contribution in [1.29, 1.82) is 0 Å². The van der Waals surface area contributed by atoms with Crippen LogP contribution in [0.3, 0.4) is 0 Å². The smallest absolute Gasteiger partial charge is 0.357 e. The average Bonchev–Trinajstić information content (AvgIpc) is 2.83. The van der Waals surface area contributed by atoms with E-state index in [1.54, 1.807) is 25.1 Å². The molecular weight excluding hydrogens is 327 g/mol. The number of halogens is 2. The molecule has 0 aliphatic rings. The monoisotopic (exact) mass is 336 g/mol. The molecule has 0 bridgehead atoms. The van der Waals surface area contributed by atoms with E-state index in [9.17, 15) is 9.90 Å². The van der Waals surface area contributed by atoms with Crippen LogP contribution in [-0.4, -0.2) is 30.8 Å². The van der Waals surface area contributed by atoms with Gasteiger partial charge in [-0.15, -0.1) is 0 Å². The summed E-state index contributed by atoms with van der Waals surface area (Å²) in [5.41, 5.74) is 1.56. The lowest BCUT2D eigenvalue weighted by molar-refractivity contribution is 0.0691. The molecule has 0 radical (unpaired) electrons. The minimum atomic E-state index is -1.13. The molecule has 0 spiro atoms. The summed E-state index contributed by atoms with van der Waals surface area (Å²) in [6, 6.07) is 5.17. The van der Waals surface area contributed by atoms with Crippen molar-refractivity contribution in [2.24, 2.45) is 0 Å². The molecular formula is C14H10Cl2N4O2. The molecule has 1 aromatic carbocycles. The summed E-state index contributed by atoms with van der Waals surface area (Å²) in [6.07, 6.45) is 1.37. The van der Waals surface area contributed by atoms with Gasteiger partial charge in [0, 0.05) is 15.6 Å². The third-order valence-electron chi connectivity index (χ3n) is 3.29. The van der Waals surface area contributed by atoms with Crippen LogP contribution >= 0.6 is 23.2 Å². The lowest BCUT2D eigenvalue weighted by Gasteiger charge is -2.07. The highest BCUT2D eigenvalue weighted by Crippen LogP contribution is 2.27. The van der Waals surface area contributed by atoms with E-state index < -0.39 is 5.97 Å². The first-order valence-corrected chi connectivity index (χ1v) is 7.09. The van der Waals surface area contributed by atoms with Gasteiger partial charge in [0.1, 0.15) is 6.33 Å². The third-order valence-corrected chi connectivity index (χ3v) is 4.00. The molecule has 2 aromatic heterocycles. The van der Waals surface area contributed by atoms with E-state index in [4.69, 9.17) is 23.2 Å². The summed E-state index contributed by atoms with van der Waals surface area (Å²) < 4.78 is 1.47. The second kappa shape index (κ2) is 5.55. The van der Waals surface area contributed by atoms with E-state index in [1.807, 2.05) is 0 Å². The molecule has 1 N–H and O–H groups in total. The van der Waals surface area contributed by atoms with Crippen LogP contribution in [0.25, 0.3) is 11.0 Å². The highest BCUT2D eigenvalue weighted by atomic mass is 35.5. The topological polar surface area (TPSA) is 80.9 Å². The molecule has 0 fully saturated rings. The van der Waals surface area contributed by atoms with Crippen LogP contribution in [0, 0.1) is 6.92 Å². The van der Waals surface area contributed by atoms with Gasteiger partial charge in [-0.2, -0.15) is 5.10 Å². The van der Waals surface area contributed by atoms with Crippen molar-refractivity contribution >= 4 is 40.2 Å². The Bertz CT molecular complexity index is 872. The number of aromatic nitrogens is 4. The molecule has 8 heteroatoms. The lowest BCUT2D eigenvalue weighted by atomic mass is 10.2. The Morgan fingerprint density at radius 1 is 1.27 bits per heavy atom. The van der Waals surface area contributed by atoms with E-state index in [2.05, 4.69) is 15.1 Å². The number of aryl methyl sites for hydroxylation is 1. The molecule has 0 amide bonds. The highest BCUT2D eigenvalue weighted by Gasteiger charge is 2.20. The number of carboxylic acids is 1. The standard InChI is InChI=1S/C14H10Cl2N4O2/c1-7-11-12(14(21)22)19-20(13(11)18-6-17-7)5-8-9(15)3-2-4-10(8)16/h2-4,6H,5H2,1H3,(H,21,22). The Morgan fingerprint density at radius 3 is 2.59 bits per heavy atom. The van der Waals surface area contributed by atoms with E-state index in [-0.39, 0.29) is 12.2 Å². The van der Waals surface area contributed by atoms with Crippen LogP contribution in [0.4, 0.5) is 0 Å². The maximum absolute atomic E-state index is 11.4. The second-order valence-corrected chi connectivity index (χ2v) is 5.48. The van der Waals surface area contributed by atoms with E-state index in [0.29, 0.717) is 32.3 Å². The predicted molar refractivity (Wildman–Crippen MR) is 82.6 cm³/mol. The van der Waals surface area contributed by atoms with Crippen LogP contribution in [0.15, 0.2) is 24.5 Å². The summed E-state index contributed by atoms with van der Waals surface area (Å²) in [5.74, 6) is -1.13. The zero-order valence-corrected chi connectivity index (χ0v) is 12.9. The summed E-state index contributed by atoms with van der Waals surface area (Å²) in [5, 5.41) is 14.8. The van der Waals surface area contributed by atoms with Gasteiger partial charge in [-0.25, -0.2) is 19.4 Å². The van der Waals surface area contributed by atoms with Crippen molar-refractivity contribution in [2.75, 3.05) is 0 Å². The third kappa shape index (κ3) is 2.40. The Kier molecular flexibility index (Phi) is 3.72. The minimum absolute atomic E-state index is 0.0868. The molecule has 2 heterocycles. The fourth-order valence-electron chi connectivity index (χ4n) is 2.25. The molecule has 0 saturated carbocycles. The van der Waals surface area contributed by atoms with E-state index in [1.165, 1.54) is 11.0 Å². The highest BCUT2D eigenvalue weighted by molar-refractivity contribution is 6.36. The molecule has 3 aromatic rings. The van der Waals surface area contributed by atoms with Crippen LogP contribution in [0.5, 0.6) is 0 Å². The minimum Gasteiger partial charge on any atom is -0.476 e. The second-order valence-electron chi connectivity index (χ2n) is 4.67. The van der Waals surface area contributed by atoms with Crippen molar-refractivity contribution in [1.82, 2.24) is 19.7 Å². The van der Waals surface area contributed by atoms with Crippen LogP contribution in [0.1, 0.15) is 21.7 Å². The maximum Gasteiger partial charge on any atom is 0.357 e. The SMILES string of the molecule is Cc1ncnc2c1c(C(=O)O)nn2Cc1c(Cl)cccc1Cl. The van der Waals surface area contributed by atoms with Crippen molar-refractivity contribution in [3.05, 3.63) is 51.5 Å². The van der Waals surface area contributed by atoms with Crippen molar-refractivity contribution in [3.8, 4) is 0 Å². The molecule has 0 atom stereocenters. The molecule has 112 valence electrons. The number of hydrogen-bond acceptors (Lipinski definition) is 4. The van der Waals surface area contributed by atoms with Gasteiger partial charge in [0.2, 0.25) is 0 Å². The zero-order chi connectivity index (χ0) is 15.9. The Hall–Kier alpha value is -2.18. The summed E-state index contributed by atoms with van der Waals surface area (Å²) >= 11 is 12.3. The lowest BCUT2D eigenvalue weighted by Crippen LogP contribution is -2.06. The van der Waals surface area contributed by atoms with Crippen LogP contribution in [0.2, 0.25) is 10.0 Å². The van der Waals surface area contributed by atoms with Gasteiger partial charge in [-0.1, -0.05) is 29.3 Å². The first-order chi connectivity index (χ1) is 10.5. The normalized spacial score (nSPS) is 11.0. The van der Waals surface area contributed by atoms with Crippen molar-refractivity contribution < 1.29 is 9.90 Å². The quantitative estimate of drug-likeness (QED) is 0.794. The number of rotatable bonds is 3. The van der Waals surface area contributed by atoms with Gasteiger partial charge in [-0.3, -0.25) is 0 Å². The van der Waals surface area contributed by atoms with Gasteiger partial charge in [0.15, 0.2) is 11.3 Å². The summed E-state index contributed by atoms with van der Waals surface area (Å²) in [7, 11) is 0. The fraction of sp³-hybridized carbons (Fsp3) is 0.143. The predicted octanol–water partition coefficient (Wildman–Crippen LogP) is 3.19. The Labute approximate surface area is 135 Å². The van der Waals surface area contributed by atoms with Gasteiger partial charge in [0.25, 0.3) is 0 Å². The van der Waals surface area contributed by atoms with Crippen LogP contribution < -0.4 is 0 Å². The largest absolute Gasteiger partial charge is 0.476 e. The van der Waals surface area contributed by atoms with Gasteiger partial charge >= 0.3 is 5.97 Å². The average molecular weight is 337 g/mol. The number of fused-ring (bicyclic) bond motifs is 1. The molecule has 0 aliphatic carbocycles. The number of hydrogen-bond donors (Lipinski definition) is 1. The molecule has 6 nitrogen and oxygen atoms in total. The first-order valence-electron chi connectivity index (χ1n) is 6.33. The van der Waals surface area contributed by atoms with Gasteiger partial charge in [-0.05, 0) is 19.1 Å². The number of nitrogens with zero attached hydrogens (tertiary/aromatic N) is 4. The first kappa shape index (κ1) is 14.7. The molecule has 0 unspecified atom stereocenters. The van der Waals surface area contributed by atoms with Gasteiger partial charge in [0.05, 0.1) is 17.6 Å². The summed E-state index contributed by atoms with van der Waals surface area (Å²) in [4.78, 5) is 19.5. The number of carbonyl (C=O) groups is 1. The Balaban J connectivity index is 2.20. The molecule has 0 aliphatic heterocycles. The number of benzene rings is 1. The molecule has 0 saturated heterocycles. The number of aromatic carboxylic acids is 1. The number of carboxylic acid groups (broad SMARTS) is 1. The van der Waals surface area contributed by atoms with Crippen LogP contribution in [-0.2, 0) is 6.54 Å². The Morgan fingerprint density at radius 2 is 1.95 bits per heavy atom. The molecule has 3 rings (SSSR count). The van der Waals surface area contributed by atoms with E-state index in [0.717, 1.165) is 0 Å².